The molecule has 4 nitrogen and oxygen atoms in total. The van der Waals surface area contributed by atoms with Crippen molar-refractivity contribution < 1.29 is 14.4 Å². The molecule has 0 aromatic heterocycles. The van der Waals surface area contributed by atoms with Gasteiger partial charge >= 0.3 is 5.97 Å². The molecule has 0 radical (unpaired) electrons. The van der Waals surface area contributed by atoms with E-state index in [1.165, 1.54) is 0 Å². The zero-order chi connectivity index (χ0) is 15.4. The summed E-state index contributed by atoms with van der Waals surface area (Å²) in [4.78, 5) is 18.1. The summed E-state index contributed by atoms with van der Waals surface area (Å²) in [7, 11) is 0. The Hall–Kier alpha value is -2.33. The van der Waals surface area contributed by atoms with Crippen LogP contribution in [-0.4, -0.2) is 19.2 Å². The highest BCUT2D eigenvalue weighted by Crippen LogP contribution is 2.39. The predicted octanol–water partition coefficient (Wildman–Crippen LogP) is 3.36. The summed E-state index contributed by atoms with van der Waals surface area (Å²) in [6.07, 6.45) is 0. The van der Waals surface area contributed by atoms with Gasteiger partial charge in [0, 0.05) is 0 Å². The van der Waals surface area contributed by atoms with Crippen molar-refractivity contribution in [3.63, 3.8) is 0 Å². The van der Waals surface area contributed by atoms with Crippen molar-refractivity contribution in [3.8, 4) is 0 Å². The standard InChI is InChI=1S/C18H19NO3/c1-2-21-18(20)16-13-22-19(15-11-7-4-8-12-15)17(16)14-9-5-3-6-10-14/h3-12,16-17H,2,13H2,1H3/t16-,17+/m1/s1. The molecule has 1 heterocycles. The first-order chi connectivity index (χ1) is 10.8. The van der Waals surface area contributed by atoms with Crippen molar-refractivity contribution in [2.75, 3.05) is 18.3 Å². The van der Waals surface area contributed by atoms with E-state index >= 15 is 0 Å². The van der Waals surface area contributed by atoms with E-state index in [0.717, 1.165) is 11.3 Å². The Balaban J connectivity index is 1.95. The predicted molar refractivity (Wildman–Crippen MR) is 84.2 cm³/mol. The molecular weight excluding hydrogens is 278 g/mol. The van der Waals surface area contributed by atoms with Crippen LogP contribution in [0.15, 0.2) is 60.7 Å². The van der Waals surface area contributed by atoms with Crippen LogP contribution >= 0.6 is 0 Å². The summed E-state index contributed by atoms with van der Waals surface area (Å²) < 4.78 is 5.22. The summed E-state index contributed by atoms with van der Waals surface area (Å²) in [5, 5.41) is 1.82. The fourth-order valence-corrected chi connectivity index (χ4v) is 2.77. The molecule has 2 atom stereocenters. The molecule has 3 rings (SSSR count). The first-order valence-corrected chi connectivity index (χ1v) is 7.50. The van der Waals surface area contributed by atoms with Gasteiger partial charge in [0.2, 0.25) is 0 Å². The number of carbonyl (C=O) groups is 1. The van der Waals surface area contributed by atoms with Crippen LogP contribution < -0.4 is 5.06 Å². The molecule has 22 heavy (non-hydrogen) atoms. The second-order valence-electron chi connectivity index (χ2n) is 5.17. The van der Waals surface area contributed by atoms with Crippen LogP contribution in [0.1, 0.15) is 18.5 Å². The number of para-hydroxylation sites is 1. The Morgan fingerprint density at radius 3 is 2.41 bits per heavy atom. The van der Waals surface area contributed by atoms with Crippen molar-refractivity contribution >= 4 is 11.7 Å². The van der Waals surface area contributed by atoms with Crippen LogP contribution in [0.3, 0.4) is 0 Å². The lowest BCUT2D eigenvalue weighted by atomic mass is 9.94. The molecule has 0 N–H and O–H groups in total. The summed E-state index contributed by atoms with van der Waals surface area (Å²) in [5.41, 5.74) is 1.98. The van der Waals surface area contributed by atoms with E-state index in [1.54, 1.807) is 0 Å². The molecule has 4 heteroatoms. The fraction of sp³-hybridized carbons (Fsp3) is 0.278. The molecule has 0 bridgehead atoms. The molecule has 2 aromatic carbocycles. The number of esters is 1. The lowest BCUT2D eigenvalue weighted by molar-refractivity contribution is -0.148. The Morgan fingerprint density at radius 1 is 1.14 bits per heavy atom. The SMILES string of the molecule is CCOC(=O)[C@@H]1CON(c2ccccc2)[C@H]1c1ccccc1. The van der Waals surface area contributed by atoms with Crippen molar-refractivity contribution in [2.45, 2.75) is 13.0 Å². The number of hydrogen-bond donors (Lipinski definition) is 0. The number of nitrogens with zero attached hydrogens (tertiary/aromatic N) is 1. The van der Waals surface area contributed by atoms with Crippen LogP contribution in [0, 0.1) is 5.92 Å². The second kappa shape index (κ2) is 6.62. The first-order valence-electron chi connectivity index (χ1n) is 7.50. The Kier molecular flexibility index (Phi) is 4.39. The highest BCUT2D eigenvalue weighted by molar-refractivity contribution is 5.75. The number of rotatable bonds is 4. The minimum Gasteiger partial charge on any atom is -0.466 e. The Labute approximate surface area is 130 Å². The average molecular weight is 297 g/mol. The molecular formula is C18H19NO3. The fourth-order valence-electron chi connectivity index (χ4n) is 2.77. The molecule has 2 aromatic rings. The summed E-state index contributed by atoms with van der Waals surface area (Å²) in [6.45, 7) is 2.52. The Bertz CT molecular complexity index is 615. The van der Waals surface area contributed by atoms with Gasteiger partial charge in [0.25, 0.3) is 0 Å². The van der Waals surface area contributed by atoms with Gasteiger partial charge in [-0.05, 0) is 24.6 Å². The van der Waals surface area contributed by atoms with E-state index in [4.69, 9.17) is 9.57 Å². The van der Waals surface area contributed by atoms with E-state index in [2.05, 4.69) is 0 Å². The zero-order valence-electron chi connectivity index (χ0n) is 12.5. The first kappa shape index (κ1) is 14.6. The molecule has 1 aliphatic heterocycles. The van der Waals surface area contributed by atoms with Gasteiger partial charge in [-0.1, -0.05) is 48.5 Å². The number of hydrogen-bond acceptors (Lipinski definition) is 4. The van der Waals surface area contributed by atoms with Gasteiger partial charge in [-0.2, -0.15) is 0 Å². The lowest BCUT2D eigenvalue weighted by Crippen LogP contribution is -2.29. The smallest absolute Gasteiger partial charge is 0.313 e. The van der Waals surface area contributed by atoms with Crippen LogP contribution in [0.2, 0.25) is 0 Å². The number of anilines is 1. The zero-order valence-corrected chi connectivity index (χ0v) is 12.5. The summed E-state index contributed by atoms with van der Waals surface area (Å²) in [6, 6.07) is 19.6. The van der Waals surface area contributed by atoms with Gasteiger partial charge < -0.3 is 4.74 Å². The molecule has 114 valence electrons. The van der Waals surface area contributed by atoms with Gasteiger partial charge in [0.1, 0.15) is 5.92 Å². The maximum atomic E-state index is 12.3. The molecule has 0 unspecified atom stereocenters. The molecule has 0 spiro atoms. The topological polar surface area (TPSA) is 38.8 Å². The van der Waals surface area contributed by atoms with E-state index < -0.39 is 0 Å². The van der Waals surface area contributed by atoms with Crippen LogP contribution in [0.5, 0.6) is 0 Å². The minimum absolute atomic E-state index is 0.178. The van der Waals surface area contributed by atoms with E-state index in [0.29, 0.717) is 13.2 Å². The molecule has 0 saturated carbocycles. The number of carbonyl (C=O) groups excluding carboxylic acids is 1. The maximum absolute atomic E-state index is 12.3. The van der Waals surface area contributed by atoms with Crippen LogP contribution in [0.25, 0.3) is 0 Å². The third-order valence-electron chi connectivity index (χ3n) is 3.77. The largest absolute Gasteiger partial charge is 0.466 e. The highest BCUT2D eigenvalue weighted by atomic mass is 16.7. The summed E-state index contributed by atoms with van der Waals surface area (Å²) >= 11 is 0. The Morgan fingerprint density at radius 2 is 1.77 bits per heavy atom. The van der Waals surface area contributed by atoms with E-state index in [-0.39, 0.29) is 17.9 Å². The molecule has 0 aliphatic carbocycles. The monoisotopic (exact) mass is 297 g/mol. The van der Waals surface area contributed by atoms with Gasteiger partial charge in [0.05, 0.1) is 24.9 Å². The molecule has 0 amide bonds. The van der Waals surface area contributed by atoms with Crippen LogP contribution in [-0.2, 0) is 14.4 Å². The lowest BCUT2D eigenvalue weighted by Gasteiger charge is -2.27. The van der Waals surface area contributed by atoms with Gasteiger partial charge in [0.15, 0.2) is 0 Å². The number of benzene rings is 2. The minimum atomic E-state index is -0.331. The number of hydroxylamine groups is 1. The quantitative estimate of drug-likeness (QED) is 0.811. The maximum Gasteiger partial charge on any atom is 0.313 e. The molecule has 1 aliphatic rings. The molecule has 1 saturated heterocycles. The van der Waals surface area contributed by atoms with E-state index in [1.807, 2.05) is 72.7 Å². The van der Waals surface area contributed by atoms with Gasteiger partial charge in [-0.3, -0.25) is 9.63 Å². The third-order valence-corrected chi connectivity index (χ3v) is 3.77. The second-order valence-corrected chi connectivity index (χ2v) is 5.17. The summed E-state index contributed by atoms with van der Waals surface area (Å²) in [5.74, 6) is -0.544. The highest BCUT2D eigenvalue weighted by Gasteiger charge is 2.42. The van der Waals surface area contributed by atoms with Gasteiger partial charge in [-0.25, -0.2) is 5.06 Å². The molecule has 1 fully saturated rings. The average Bonchev–Trinajstić information content (AvgIpc) is 3.02. The van der Waals surface area contributed by atoms with Gasteiger partial charge in [-0.15, -0.1) is 0 Å². The third kappa shape index (κ3) is 2.83. The van der Waals surface area contributed by atoms with Crippen LogP contribution in [0.4, 0.5) is 5.69 Å². The number of ether oxygens (including phenoxy) is 1. The normalized spacial score (nSPS) is 20.9. The van der Waals surface area contributed by atoms with Crippen molar-refractivity contribution in [1.29, 1.82) is 0 Å². The van der Waals surface area contributed by atoms with Crippen molar-refractivity contribution in [1.82, 2.24) is 0 Å². The van der Waals surface area contributed by atoms with Crippen molar-refractivity contribution in [2.24, 2.45) is 5.92 Å². The van der Waals surface area contributed by atoms with E-state index in [9.17, 15) is 4.79 Å². The van der Waals surface area contributed by atoms with Crippen molar-refractivity contribution in [3.05, 3.63) is 66.2 Å².